The summed E-state index contributed by atoms with van der Waals surface area (Å²) in [7, 11) is 1.68. The van der Waals surface area contributed by atoms with Gasteiger partial charge in [-0.2, -0.15) is 0 Å². The summed E-state index contributed by atoms with van der Waals surface area (Å²) in [6.07, 6.45) is 6.86. The zero-order valence-corrected chi connectivity index (χ0v) is 13.6. The largest absolute Gasteiger partial charge is 0.497 e. The van der Waals surface area contributed by atoms with Crippen LogP contribution in [0.15, 0.2) is 24.3 Å². The van der Waals surface area contributed by atoms with E-state index < -0.39 is 0 Å². The summed E-state index contributed by atoms with van der Waals surface area (Å²) < 4.78 is 5.15. The first-order valence-corrected chi connectivity index (χ1v) is 8.35. The number of nitrogens with two attached hydrogens (primary N) is 1. The Labute approximate surface area is 133 Å². The van der Waals surface area contributed by atoms with Gasteiger partial charge in [-0.1, -0.05) is 18.6 Å². The number of aryl methyl sites for hydroxylation is 1. The number of methoxy groups -OCH3 is 1. The topological polar surface area (TPSA) is 55.6 Å². The lowest BCUT2D eigenvalue weighted by Gasteiger charge is -2.30. The van der Waals surface area contributed by atoms with E-state index in [4.69, 9.17) is 10.5 Å². The zero-order chi connectivity index (χ0) is 15.8. The Balaban J connectivity index is 1.57. The molecule has 1 heterocycles. The van der Waals surface area contributed by atoms with Gasteiger partial charge >= 0.3 is 0 Å². The van der Waals surface area contributed by atoms with Gasteiger partial charge in [-0.05, 0) is 49.8 Å². The van der Waals surface area contributed by atoms with Crippen molar-refractivity contribution in [1.82, 2.24) is 4.90 Å². The first kappa shape index (κ1) is 16.8. The van der Waals surface area contributed by atoms with Gasteiger partial charge in [0.2, 0.25) is 5.91 Å². The molecule has 22 heavy (non-hydrogen) atoms. The molecule has 2 N–H and O–H groups in total. The average molecular weight is 304 g/mol. The van der Waals surface area contributed by atoms with Crippen LogP contribution in [-0.4, -0.2) is 37.0 Å². The number of benzene rings is 1. The molecule has 2 rings (SSSR count). The maximum atomic E-state index is 12.1. The smallest absolute Gasteiger partial charge is 0.222 e. The maximum absolute atomic E-state index is 12.1. The van der Waals surface area contributed by atoms with Gasteiger partial charge in [-0.25, -0.2) is 0 Å². The maximum Gasteiger partial charge on any atom is 0.222 e. The standard InChI is InChI=1S/C18H28N2O2/c1-22-17-9-7-15(8-10-17)5-3-2-4-6-18(21)20-13-11-16(19)12-14-20/h7-10,16H,2-6,11-14,19H2,1H3. The predicted octanol–water partition coefficient (Wildman–Crippen LogP) is 2.75. The number of likely N-dealkylation sites (tertiary alicyclic amines) is 1. The lowest BCUT2D eigenvalue weighted by Crippen LogP contribution is -2.42. The SMILES string of the molecule is COc1ccc(CCCCCC(=O)N2CCC(N)CC2)cc1. The molecule has 0 aliphatic carbocycles. The van der Waals surface area contributed by atoms with Crippen LogP contribution in [0.3, 0.4) is 0 Å². The number of hydrogen-bond acceptors (Lipinski definition) is 3. The molecule has 122 valence electrons. The molecule has 1 aliphatic heterocycles. The second kappa shape index (κ2) is 8.79. The highest BCUT2D eigenvalue weighted by atomic mass is 16.5. The van der Waals surface area contributed by atoms with Gasteiger partial charge in [0.25, 0.3) is 0 Å². The van der Waals surface area contributed by atoms with E-state index in [2.05, 4.69) is 12.1 Å². The molecule has 0 radical (unpaired) electrons. The van der Waals surface area contributed by atoms with Gasteiger partial charge in [-0.15, -0.1) is 0 Å². The molecule has 1 aliphatic rings. The van der Waals surface area contributed by atoms with Crippen molar-refractivity contribution in [2.24, 2.45) is 5.73 Å². The molecule has 1 saturated heterocycles. The number of ether oxygens (including phenoxy) is 1. The third-order valence-corrected chi connectivity index (χ3v) is 4.41. The molecule has 0 bridgehead atoms. The van der Waals surface area contributed by atoms with E-state index in [0.717, 1.165) is 57.4 Å². The number of piperidine rings is 1. The van der Waals surface area contributed by atoms with Crippen LogP contribution in [0.5, 0.6) is 5.75 Å². The molecule has 1 fully saturated rings. The summed E-state index contributed by atoms with van der Waals surface area (Å²) >= 11 is 0. The number of nitrogens with zero attached hydrogens (tertiary/aromatic N) is 1. The normalized spacial score (nSPS) is 15.8. The average Bonchev–Trinajstić information content (AvgIpc) is 2.55. The molecule has 1 amide bonds. The summed E-state index contributed by atoms with van der Waals surface area (Å²) in [5.74, 6) is 1.20. The number of hydrogen-bond donors (Lipinski definition) is 1. The summed E-state index contributed by atoms with van der Waals surface area (Å²) in [6, 6.07) is 8.51. The monoisotopic (exact) mass is 304 g/mol. The van der Waals surface area contributed by atoms with Crippen LogP contribution in [0.1, 0.15) is 44.1 Å². The fourth-order valence-electron chi connectivity index (χ4n) is 2.88. The molecular formula is C18H28N2O2. The predicted molar refractivity (Wildman–Crippen MR) is 89.0 cm³/mol. The third kappa shape index (κ3) is 5.34. The zero-order valence-electron chi connectivity index (χ0n) is 13.6. The van der Waals surface area contributed by atoms with Crippen molar-refractivity contribution < 1.29 is 9.53 Å². The molecule has 0 saturated carbocycles. The lowest BCUT2D eigenvalue weighted by atomic mass is 10.0. The quantitative estimate of drug-likeness (QED) is 0.788. The van der Waals surface area contributed by atoms with Crippen molar-refractivity contribution in [3.8, 4) is 5.75 Å². The minimum absolute atomic E-state index is 0.286. The Bertz CT molecular complexity index is 451. The highest BCUT2D eigenvalue weighted by Crippen LogP contribution is 2.15. The molecular weight excluding hydrogens is 276 g/mol. The van der Waals surface area contributed by atoms with Crippen molar-refractivity contribution in [2.45, 2.75) is 51.0 Å². The highest BCUT2D eigenvalue weighted by Gasteiger charge is 2.19. The summed E-state index contributed by atoms with van der Waals surface area (Å²) in [6.45, 7) is 1.68. The van der Waals surface area contributed by atoms with E-state index in [-0.39, 0.29) is 6.04 Å². The van der Waals surface area contributed by atoms with E-state index in [1.807, 2.05) is 17.0 Å². The molecule has 1 aromatic rings. The first-order chi connectivity index (χ1) is 10.7. The van der Waals surface area contributed by atoms with Gasteiger partial charge in [0, 0.05) is 25.6 Å². The molecule has 4 heteroatoms. The van der Waals surface area contributed by atoms with E-state index in [0.29, 0.717) is 12.3 Å². The van der Waals surface area contributed by atoms with E-state index in [1.54, 1.807) is 7.11 Å². The molecule has 0 spiro atoms. The van der Waals surface area contributed by atoms with Crippen molar-refractivity contribution in [3.05, 3.63) is 29.8 Å². The fraction of sp³-hybridized carbons (Fsp3) is 0.611. The van der Waals surface area contributed by atoms with Gasteiger partial charge in [0.05, 0.1) is 7.11 Å². The highest BCUT2D eigenvalue weighted by molar-refractivity contribution is 5.76. The van der Waals surface area contributed by atoms with E-state index >= 15 is 0 Å². The van der Waals surface area contributed by atoms with Gasteiger partial charge in [-0.3, -0.25) is 4.79 Å². The Morgan fingerprint density at radius 3 is 2.50 bits per heavy atom. The van der Waals surface area contributed by atoms with Crippen LogP contribution < -0.4 is 10.5 Å². The molecule has 0 atom stereocenters. The van der Waals surface area contributed by atoms with Crippen LogP contribution in [0.2, 0.25) is 0 Å². The van der Waals surface area contributed by atoms with Crippen molar-refractivity contribution in [2.75, 3.05) is 20.2 Å². The molecule has 0 aromatic heterocycles. The van der Waals surface area contributed by atoms with Crippen LogP contribution >= 0.6 is 0 Å². The Morgan fingerprint density at radius 2 is 1.86 bits per heavy atom. The minimum Gasteiger partial charge on any atom is -0.497 e. The van der Waals surface area contributed by atoms with Gasteiger partial charge in [0.15, 0.2) is 0 Å². The number of rotatable bonds is 7. The Morgan fingerprint density at radius 1 is 1.18 bits per heavy atom. The summed E-state index contributed by atoms with van der Waals surface area (Å²) in [4.78, 5) is 14.1. The summed E-state index contributed by atoms with van der Waals surface area (Å²) in [5, 5.41) is 0. The minimum atomic E-state index is 0.286. The van der Waals surface area contributed by atoms with Gasteiger partial charge < -0.3 is 15.4 Å². The second-order valence-corrected chi connectivity index (χ2v) is 6.13. The first-order valence-electron chi connectivity index (χ1n) is 8.35. The van der Waals surface area contributed by atoms with E-state index in [9.17, 15) is 4.79 Å². The second-order valence-electron chi connectivity index (χ2n) is 6.13. The lowest BCUT2D eigenvalue weighted by molar-refractivity contribution is -0.132. The fourth-order valence-corrected chi connectivity index (χ4v) is 2.88. The summed E-state index contributed by atoms with van der Waals surface area (Å²) in [5.41, 5.74) is 7.20. The molecule has 1 aromatic carbocycles. The van der Waals surface area contributed by atoms with Crippen LogP contribution in [0.4, 0.5) is 0 Å². The van der Waals surface area contributed by atoms with Crippen molar-refractivity contribution in [3.63, 3.8) is 0 Å². The van der Waals surface area contributed by atoms with Crippen LogP contribution in [0, 0.1) is 0 Å². The van der Waals surface area contributed by atoms with Crippen LogP contribution in [-0.2, 0) is 11.2 Å². The van der Waals surface area contributed by atoms with Crippen LogP contribution in [0.25, 0.3) is 0 Å². The number of amides is 1. The van der Waals surface area contributed by atoms with E-state index in [1.165, 1.54) is 5.56 Å². The van der Waals surface area contributed by atoms with Crippen molar-refractivity contribution in [1.29, 1.82) is 0 Å². The van der Waals surface area contributed by atoms with Crippen molar-refractivity contribution >= 4 is 5.91 Å². The third-order valence-electron chi connectivity index (χ3n) is 4.41. The van der Waals surface area contributed by atoms with Gasteiger partial charge in [0.1, 0.15) is 5.75 Å². The Hall–Kier alpha value is -1.55. The Kier molecular flexibility index (Phi) is 6.72. The molecule has 4 nitrogen and oxygen atoms in total. The molecule has 0 unspecified atom stereocenters. The number of carbonyl (C=O) groups excluding carboxylic acids is 1. The number of carbonyl (C=O) groups is 1. The number of unbranched alkanes of at least 4 members (excludes halogenated alkanes) is 2.